The molecule has 17 heavy (non-hydrogen) atoms. The van der Waals surface area contributed by atoms with Crippen LogP contribution in [-0.4, -0.2) is 11.7 Å². The molecule has 1 fully saturated rings. The van der Waals surface area contributed by atoms with E-state index in [-0.39, 0.29) is 11.7 Å². The quantitative estimate of drug-likeness (QED) is 0.766. The summed E-state index contributed by atoms with van der Waals surface area (Å²) in [5.41, 5.74) is 1.03. The Morgan fingerprint density at radius 1 is 1.41 bits per heavy atom. The van der Waals surface area contributed by atoms with Crippen molar-refractivity contribution in [3.8, 4) is 0 Å². The predicted molar refractivity (Wildman–Crippen MR) is 67.0 cm³/mol. The Balaban J connectivity index is 2.33. The van der Waals surface area contributed by atoms with Crippen LogP contribution in [0.3, 0.4) is 0 Å². The number of hydrogen-bond acceptors (Lipinski definition) is 2. The first-order valence-electron chi connectivity index (χ1n) is 6.16. The van der Waals surface area contributed by atoms with Gasteiger partial charge in [0.25, 0.3) is 0 Å². The monoisotopic (exact) mass is 235 g/mol. The van der Waals surface area contributed by atoms with Crippen LogP contribution < -0.4 is 5.32 Å². The molecule has 0 spiro atoms. The van der Waals surface area contributed by atoms with Gasteiger partial charge in [0.15, 0.2) is 0 Å². The van der Waals surface area contributed by atoms with Crippen molar-refractivity contribution in [1.29, 1.82) is 0 Å². The molecule has 0 atom stereocenters. The van der Waals surface area contributed by atoms with E-state index in [0.29, 0.717) is 17.0 Å². The van der Waals surface area contributed by atoms with Gasteiger partial charge < -0.3 is 10.4 Å². The summed E-state index contributed by atoms with van der Waals surface area (Å²) in [5, 5.41) is 13.2. The summed E-state index contributed by atoms with van der Waals surface area (Å²) in [6.07, 6.45) is 2.94. The maximum atomic E-state index is 13.7. The van der Waals surface area contributed by atoms with Gasteiger partial charge in [0.1, 0.15) is 11.6 Å². The fourth-order valence-corrected chi connectivity index (χ4v) is 1.80. The highest BCUT2D eigenvalue weighted by molar-refractivity contribution is 5.66. The molecule has 0 aliphatic heterocycles. The van der Waals surface area contributed by atoms with Gasteiger partial charge in [0.05, 0.1) is 5.70 Å². The highest BCUT2D eigenvalue weighted by Gasteiger charge is 2.29. The minimum Gasteiger partial charge on any atom is -0.510 e. The molecule has 1 aromatic rings. The van der Waals surface area contributed by atoms with E-state index in [1.54, 1.807) is 18.2 Å². The summed E-state index contributed by atoms with van der Waals surface area (Å²) in [6, 6.07) is 6.56. The lowest BCUT2D eigenvalue weighted by Gasteiger charge is -2.14. The van der Waals surface area contributed by atoms with Crippen LogP contribution in [-0.2, 0) is 0 Å². The van der Waals surface area contributed by atoms with Crippen LogP contribution in [0.1, 0.15) is 31.7 Å². The first-order chi connectivity index (χ1) is 8.24. The smallest absolute Gasteiger partial charge is 0.132 e. The molecule has 0 aromatic heterocycles. The third-order valence-electron chi connectivity index (χ3n) is 2.92. The van der Waals surface area contributed by atoms with E-state index in [0.717, 1.165) is 25.8 Å². The number of aliphatic hydroxyl groups is 1. The third kappa shape index (κ3) is 2.78. The van der Waals surface area contributed by atoms with Gasteiger partial charge in [-0.25, -0.2) is 4.39 Å². The van der Waals surface area contributed by atoms with Crippen molar-refractivity contribution in [3.63, 3.8) is 0 Å². The van der Waals surface area contributed by atoms with E-state index in [1.807, 2.05) is 6.92 Å². The van der Waals surface area contributed by atoms with E-state index >= 15 is 0 Å². The molecule has 1 aliphatic carbocycles. The van der Waals surface area contributed by atoms with Crippen molar-refractivity contribution < 1.29 is 9.50 Å². The van der Waals surface area contributed by atoms with Crippen LogP contribution >= 0.6 is 0 Å². The number of nitrogens with one attached hydrogen (secondary N) is 1. The Bertz CT molecular complexity index is 424. The van der Waals surface area contributed by atoms with Crippen molar-refractivity contribution in [1.82, 2.24) is 5.32 Å². The zero-order chi connectivity index (χ0) is 12.3. The lowest BCUT2D eigenvalue weighted by atomic mass is 10.1. The molecule has 0 bridgehead atoms. The SMILES string of the molecule is CCCN/C(=C(\O)C1CC1)c1ccccc1F. The van der Waals surface area contributed by atoms with Gasteiger partial charge in [-0.3, -0.25) is 0 Å². The molecule has 2 rings (SSSR count). The summed E-state index contributed by atoms with van der Waals surface area (Å²) < 4.78 is 13.7. The number of allylic oxidation sites excluding steroid dienone is 1. The summed E-state index contributed by atoms with van der Waals surface area (Å²) >= 11 is 0. The molecule has 2 nitrogen and oxygen atoms in total. The average molecular weight is 235 g/mol. The summed E-state index contributed by atoms with van der Waals surface area (Å²) in [6.45, 7) is 2.78. The van der Waals surface area contributed by atoms with Gasteiger partial charge in [0.2, 0.25) is 0 Å². The molecule has 0 unspecified atom stereocenters. The van der Waals surface area contributed by atoms with Gasteiger partial charge in [-0.1, -0.05) is 19.1 Å². The standard InChI is InChI=1S/C14H18FNO/c1-2-9-16-13(14(17)10-7-8-10)11-5-3-4-6-12(11)15/h3-6,10,16-17H,2,7-9H2,1H3/b14-13-. The van der Waals surface area contributed by atoms with Crippen LogP contribution in [0.25, 0.3) is 5.70 Å². The predicted octanol–water partition coefficient (Wildman–Crippen LogP) is 3.46. The first-order valence-corrected chi connectivity index (χ1v) is 6.16. The second-order valence-corrected chi connectivity index (χ2v) is 4.44. The summed E-state index contributed by atoms with van der Waals surface area (Å²) in [7, 11) is 0. The average Bonchev–Trinajstić information content (AvgIpc) is 3.15. The van der Waals surface area contributed by atoms with Crippen molar-refractivity contribution in [2.45, 2.75) is 26.2 Å². The molecular formula is C14H18FNO. The topological polar surface area (TPSA) is 32.3 Å². The lowest BCUT2D eigenvalue weighted by molar-refractivity contribution is 0.378. The van der Waals surface area contributed by atoms with Gasteiger partial charge in [-0.2, -0.15) is 0 Å². The fraction of sp³-hybridized carbons (Fsp3) is 0.429. The Morgan fingerprint density at radius 2 is 2.12 bits per heavy atom. The number of halogens is 1. The van der Waals surface area contributed by atoms with Crippen LogP contribution in [0.4, 0.5) is 4.39 Å². The van der Waals surface area contributed by atoms with Crippen molar-refractivity contribution >= 4 is 5.70 Å². The lowest BCUT2D eigenvalue weighted by Crippen LogP contribution is -2.17. The Morgan fingerprint density at radius 3 is 2.71 bits per heavy atom. The highest BCUT2D eigenvalue weighted by Crippen LogP contribution is 2.38. The molecule has 92 valence electrons. The van der Waals surface area contributed by atoms with Gasteiger partial charge in [-0.05, 0) is 31.4 Å². The molecule has 1 aromatic carbocycles. The highest BCUT2D eigenvalue weighted by atomic mass is 19.1. The van der Waals surface area contributed by atoms with Gasteiger partial charge in [-0.15, -0.1) is 0 Å². The molecule has 0 amide bonds. The van der Waals surface area contributed by atoms with Crippen molar-refractivity contribution in [3.05, 3.63) is 41.4 Å². The number of benzene rings is 1. The summed E-state index contributed by atoms with van der Waals surface area (Å²) in [4.78, 5) is 0. The maximum absolute atomic E-state index is 13.7. The molecule has 0 radical (unpaired) electrons. The van der Waals surface area contributed by atoms with Crippen LogP contribution in [0.2, 0.25) is 0 Å². The van der Waals surface area contributed by atoms with Crippen LogP contribution in [0.15, 0.2) is 30.0 Å². The molecular weight excluding hydrogens is 217 g/mol. The normalized spacial score (nSPS) is 16.6. The van der Waals surface area contributed by atoms with Crippen molar-refractivity contribution in [2.24, 2.45) is 5.92 Å². The zero-order valence-corrected chi connectivity index (χ0v) is 10.0. The molecule has 0 heterocycles. The largest absolute Gasteiger partial charge is 0.510 e. The maximum Gasteiger partial charge on any atom is 0.132 e. The van der Waals surface area contributed by atoms with Crippen molar-refractivity contribution in [2.75, 3.05) is 6.54 Å². The van der Waals surface area contributed by atoms with E-state index in [9.17, 15) is 9.50 Å². The molecule has 3 heteroatoms. The zero-order valence-electron chi connectivity index (χ0n) is 10.0. The van der Waals surface area contributed by atoms with Crippen LogP contribution in [0, 0.1) is 11.7 Å². The van der Waals surface area contributed by atoms with Gasteiger partial charge in [0, 0.05) is 18.0 Å². The summed E-state index contributed by atoms with van der Waals surface area (Å²) in [5.74, 6) is 0.232. The van der Waals surface area contributed by atoms with E-state index in [1.165, 1.54) is 6.07 Å². The third-order valence-corrected chi connectivity index (χ3v) is 2.92. The van der Waals surface area contributed by atoms with E-state index in [2.05, 4.69) is 5.32 Å². The first kappa shape index (κ1) is 12.0. The Labute approximate surface area is 101 Å². The Hall–Kier alpha value is -1.51. The van der Waals surface area contributed by atoms with Crippen LogP contribution in [0.5, 0.6) is 0 Å². The van der Waals surface area contributed by atoms with E-state index < -0.39 is 0 Å². The van der Waals surface area contributed by atoms with Gasteiger partial charge >= 0.3 is 0 Å². The second-order valence-electron chi connectivity index (χ2n) is 4.44. The minimum absolute atomic E-state index is 0.217. The molecule has 2 N–H and O–H groups in total. The molecule has 1 aliphatic rings. The minimum atomic E-state index is -0.293. The molecule has 0 saturated heterocycles. The fourth-order valence-electron chi connectivity index (χ4n) is 1.80. The van der Waals surface area contributed by atoms with E-state index in [4.69, 9.17) is 0 Å². The molecule has 1 saturated carbocycles. The Kier molecular flexibility index (Phi) is 3.67. The second kappa shape index (κ2) is 5.21. The number of aliphatic hydroxyl groups excluding tert-OH is 1. The number of hydrogen-bond donors (Lipinski definition) is 2. The number of rotatable bonds is 5.